The molecule has 0 aliphatic rings. The lowest BCUT2D eigenvalue weighted by atomic mass is 9.82. The molecule has 1 rings (SSSR count). The predicted molar refractivity (Wildman–Crippen MR) is 71.8 cm³/mol. The molecule has 0 aromatic heterocycles. The van der Waals surface area contributed by atoms with Crippen molar-refractivity contribution < 1.29 is 0 Å². The highest BCUT2D eigenvalue weighted by Crippen LogP contribution is 2.24. The quantitative estimate of drug-likeness (QED) is 0.834. The molecule has 0 amide bonds. The lowest BCUT2D eigenvalue weighted by Crippen LogP contribution is -2.29. The van der Waals surface area contributed by atoms with Crippen LogP contribution in [0.5, 0.6) is 0 Å². The Morgan fingerprint density at radius 1 is 1.25 bits per heavy atom. The van der Waals surface area contributed by atoms with Crippen molar-refractivity contribution in [2.75, 3.05) is 6.54 Å². The molecule has 2 heteroatoms. The average Bonchev–Trinajstić information content (AvgIpc) is 2.19. The molecule has 90 valence electrons. The molecule has 0 saturated heterocycles. The molecule has 0 radical (unpaired) electrons. The maximum Gasteiger partial charge on any atom is 0.0450 e. The van der Waals surface area contributed by atoms with E-state index in [9.17, 15) is 0 Å². The van der Waals surface area contributed by atoms with Gasteiger partial charge in [-0.25, -0.2) is 0 Å². The Morgan fingerprint density at radius 3 is 2.44 bits per heavy atom. The van der Waals surface area contributed by atoms with Crippen LogP contribution in [0.3, 0.4) is 0 Å². The SMILES string of the molecule is CC(CNCc1ccccc1Cl)C(C)(C)C. The molecular formula is C14H22ClN. The summed E-state index contributed by atoms with van der Waals surface area (Å²) < 4.78 is 0. The standard InChI is InChI=1S/C14H22ClN/c1-11(14(2,3)4)9-16-10-12-7-5-6-8-13(12)15/h5-8,11,16H,9-10H2,1-4H3. The first-order chi connectivity index (χ1) is 7.41. The fourth-order valence-corrected chi connectivity index (χ4v) is 1.57. The van der Waals surface area contributed by atoms with Gasteiger partial charge in [-0.1, -0.05) is 57.5 Å². The van der Waals surface area contributed by atoms with Crippen molar-refractivity contribution in [3.05, 3.63) is 34.9 Å². The number of benzene rings is 1. The first-order valence-electron chi connectivity index (χ1n) is 5.85. The second-order valence-corrected chi connectivity index (χ2v) is 5.90. The van der Waals surface area contributed by atoms with E-state index in [0.717, 1.165) is 18.1 Å². The van der Waals surface area contributed by atoms with Crippen LogP contribution in [-0.4, -0.2) is 6.54 Å². The number of rotatable bonds is 4. The molecule has 1 unspecified atom stereocenters. The number of hydrogen-bond donors (Lipinski definition) is 1. The third-order valence-corrected chi connectivity index (χ3v) is 3.57. The highest BCUT2D eigenvalue weighted by molar-refractivity contribution is 6.31. The zero-order chi connectivity index (χ0) is 12.2. The number of hydrogen-bond acceptors (Lipinski definition) is 1. The van der Waals surface area contributed by atoms with E-state index in [1.54, 1.807) is 0 Å². The van der Waals surface area contributed by atoms with Crippen LogP contribution in [0.4, 0.5) is 0 Å². The molecule has 0 aliphatic carbocycles. The molecule has 1 aromatic carbocycles. The van der Waals surface area contributed by atoms with Crippen molar-refractivity contribution in [1.82, 2.24) is 5.32 Å². The van der Waals surface area contributed by atoms with Crippen LogP contribution < -0.4 is 5.32 Å². The fourth-order valence-electron chi connectivity index (χ4n) is 1.37. The number of halogens is 1. The van der Waals surface area contributed by atoms with Gasteiger partial charge in [0.25, 0.3) is 0 Å². The van der Waals surface area contributed by atoms with Crippen molar-refractivity contribution in [3.8, 4) is 0 Å². The van der Waals surface area contributed by atoms with Gasteiger partial charge < -0.3 is 5.32 Å². The molecular weight excluding hydrogens is 218 g/mol. The van der Waals surface area contributed by atoms with Gasteiger partial charge in [0.05, 0.1) is 0 Å². The average molecular weight is 240 g/mol. The Balaban J connectivity index is 2.40. The van der Waals surface area contributed by atoms with E-state index in [0.29, 0.717) is 11.3 Å². The molecule has 0 heterocycles. The van der Waals surface area contributed by atoms with Gasteiger partial charge in [-0.2, -0.15) is 0 Å². The summed E-state index contributed by atoms with van der Waals surface area (Å²) >= 11 is 6.09. The fraction of sp³-hybridized carbons (Fsp3) is 0.571. The van der Waals surface area contributed by atoms with Crippen LogP contribution >= 0.6 is 11.6 Å². The first-order valence-corrected chi connectivity index (χ1v) is 6.23. The monoisotopic (exact) mass is 239 g/mol. The van der Waals surface area contributed by atoms with Crippen LogP contribution in [0.2, 0.25) is 5.02 Å². The van der Waals surface area contributed by atoms with E-state index in [2.05, 4.69) is 39.1 Å². The third kappa shape index (κ3) is 4.15. The topological polar surface area (TPSA) is 12.0 Å². The third-order valence-electron chi connectivity index (χ3n) is 3.20. The lowest BCUT2D eigenvalue weighted by molar-refractivity contribution is 0.252. The minimum absolute atomic E-state index is 0.355. The maximum absolute atomic E-state index is 6.09. The van der Waals surface area contributed by atoms with Crippen molar-refractivity contribution >= 4 is 11.6 Å². The summed E-state index contributed by atoms with van der Waals surface area (Å²) in [5, 5.41) is 4.31. The summed E-state index contributed by atoms with van der Waals surface area (Å²) in [5.74, 6) is 0.648. The van der Waals surface area contributed by atoms with Crippen molar-refractivity contribution in [2.45, 2.75) is 34.2 Å². The van der Waals surface area contributed by atoms with Gasteiger partial charge in [0.15, 0.2) is 0 Å². The molecule has 0 spiro atoms. The molecule has 0 saturated carbocycles. The molecule has 1 aromatic rings. The smallest absolute Gasteiger partial charge is 0.0450 e. The molecule has 16 heavy (non-hydrogen) atoms. The second-order valence-electron chi connectivity index (χ2n) is 5.49. The normalized spacial score (nSPS) is 13.8. The van der Waals surface area contributed by atoms with E-state index in [4.69, 9.17) is 11.6 Å². The Hall–Kier alpha value is -0.530. The lowest BCUT2D eigenvalue weighted by Gasteiger charge is -2.27. The molecule has 1 atom stereocenters. The summed E-state index contributed by atoms with van der Waals surface area (Å²) in [6, 6.07) is 7.99. The molecule has 0 bridgehead atoms. The maximum atomic E-state index is 6.09. The number of nitrogens with one attached hydrogen (secondary N) is 1. The zero-order valence-corrected chi connectivity index (χ0v) is 11.4. The highest BCUT2D eigenvalue weighted by Gasteiger charge is 2.19. The highest BCUT2D eigenvalue weighted by atomic mass is 35.5. The van der Waals surface area contributed by atoms with E-state index >= 15 is 0 Å². The van der Waals surface area contributed by atoms with E-state index < -0.39 is 0 Å². The first kappa shape index (κ1) is 13.5. The van der Waals surface area contributed by atoms with Crippen molar-refractivity contribution in [2.24, 2.45) is 11.3 Å². The Morgan fingerprint density at radius 2 is 1.88 bits per heavy atom. The summed E-state index contributed by atoms with van der Waals surface area (Å²) in [5.41, 5.74) is 1.53. The molecule has 1 N–H and O–H groups in total. The van der Waals surface area contributed by atoms with Gasteiger partial charge in [-0.05, 0) is 29.5 Å². The minimum Gasteiger partial charge on any atom is -0.312 e. The van der Waals surface area contributed by atoms with Gasteiger partial charge in [0, 0.05) is 11.6 Å². The Kier molecular flexibility index (Phi) is 4.82. The molecule has 0 fully saturated rings. The van der Waals surface area contributed by atoms with E-state index in [1.807, 2.05) is 18.2 Å². The van der Waals surface area contributed by atoms with Crippen molar-refractivity contribution in [3.63, 3.8) is 0 Å². The summed E-state index contributed by atoms with van der Waals surface area (Å²) in [4.78, 5) is 0. The van der Waals surface area contributed by atoms with Gasteiger partial charge in [0.1, 0.15) is 0 Å². The molecule has 0 aliphatic heterocycles. The largest absolute Gasteiger partial charge is 0.312 e. The van der Waals surface area contributed by atoms with E-state index in [-0.39, 0.29) is 0 Å². The van der Waals surface area contributed by atoms with Crippen LogP contribution in [0.1, 0.15) is 33.3 Å². The van der Waals surface area contributed by atoms with Crippen LogP contribution in [-0.2, 0) is 6.54 Å². The van der Waals surface area contributed by atoms with Gasteiger partial charge in [-0.3, -0.25) is 0 Å². The zero-order valence-electron chi connectivity index (χ0n) is 10.7. The summed E-state index contributed by atoms with van der Waals surface area (Å²) in [7, 11) is 0. The predicted octanol–water partition coefficient (Wildman–Crippen LogP) is 4.11. The van der Waals surface area contributed by atoms with Crippen LogP contribution in [0, 0.1) is 11.3 Å². The summed E-state index contributed by atoms with van der Waals surface area (Å²) in [6.07, 6.45) is 0. The van der Waals surface area contributed by atoms with Gasteiger partial charge in [0.2, 0.25) is 0 Å². The van der Waals surface area contributed by atoms with Crippen LogP contribution in [0.25, 0.3) is 0 Å². The van der Waals surface area contributed by atoms with Gasteiger partial charge in [-0.15, -0.1) is 0 Å². The Labute approximate surface area is 104 Å². The van der Waals surface area contributed by atoms with Crippen LogP contribution in [0.15, 0.2) is 24.3 Å². The minimum atomic E-state index is 0.355. The van der Waals surface area contributed by atoms with Crippen molar-refractivity contribution in [1.29, 1.82) is 0 Å². The summed E-state index contributed by atoms with van der Waals surface area (Å²) in [6.45, 7) is 11.0. The molecule has 1 nitrogen and oxygen atoms in total. The second kappa shape index (κ2) is 5.70. The van der Waals surface area contributed by atoms with E-state index in [1.165, 1.54) is 5.56 Å². The van der Waals surface area contributed by atoms with Gasteiger partial charge >= 0.3 is 0 Å². The Bertz CT molecular complexity index is 328.